The second kappa shape index (κ2) is 75.5. The van der Waals surface area contributed by atoms with Crippen LogP contribution >= 0.6 is 0 Å². The highest BCUT2D eigenvalue weighted by Gasteiger charge is 2.18. The number of esters is 1. The van der Waals surface area contributed by atoms with Gasteiger partial charge in [-0.25, -0.2) is 0 Å². The predicted octanol–water partition coefficient (Wildman–Crippen LogP) is 25.8. The molecule has 0 aromatic rings. The molecule has 0 heterocycles. The van der Waals surface area contributed by atoms with Crippen LogP contribution in [0.2, 0.25) is 0 Å². The predicted molar refractivity (Wildman–Crippen MR) is 379 cm³/mol. The second-order valence-corrected chi connectivity index (χ2v) is 27.0. The Balaban J connectivity index is 3.33. The van der Waals surface area contributed by atoms with Crippen molar-refractivity contribution in [2.75, 3.05) is 13.2 Å². The van der Waals surface area contributed by atoms with Gasteiger partial charge in [0.1, 0.15) is 0 Å². The van der Waals surface area contributed by atoms with Crippen LogP contribution in [0.3, 0.4) is 0 Å². The summed E-state index contributed by atoms with van der Waals surface area (Å²) in [7, 11) is 0. The van der Waals surface area contributed by atoms with Crippen LogP contribution in [-0.2, 0) is 14.3 Å². The van der Waals surface area contributed by atoms with Gasteiger partial charge in [-0.2, -0.15) is 0 Å². The van der Waals surface area contributed by atoms with Crippen LogP contribution in [-0.4, -0.2) is 47.4 Å². The Morgan fingerprint density at radius 3 is 0.919 bits per heavy atom. The molecule has 0 aliphatic rings. The molecule has 0 spiro atoms. The van der Waals surface area contributed by atoms with Gasteiger partial charge < -0.3 is 20.3 Å². The number of hydrogen-bond donors (Lipinski definition) is 3. The molecule has 0 saturated heterocycles. The zero-order valence-corrected chi connectivity index (χ0v) is 58.3. The number of unbranched alkanes of at least 4 members (excludes halogenated alkanes) is 59. The van der Waals surface area contributed by atoms with E-state index in [-0.39, 0.29) is 18.5 Å². The smallest absolute Gasteiger partial charge is 0.305 e. The van der Waals surface area contributed by atoms with E-state index in [0.717, 1.165) is 51.4 Å². The lowest BCUT2D eigenvalue weighted by molar-refractivity contribution is -0.143. The minimum atomic E-state index is -0.842. The van der Waals surface area contributed by atoms with Crippen LogP contribution in [0.15, 0.2) is 36.5 Å². The number of rotatable bonds is 74. The van der Waals surface area contributed by atoms with Gasteiger partial charge in [-0.1, -0.05) is 403 Å². The summed E-state index contributed by atoms with van der Waals surface area (Å²) in [5.41, 5.74) is 0. The monoisotopic (exact) mass is 1210 g/mol. The molecule has 6 heteroatoms. The summed E-state index contributed by atoms with van der Waals surface area (Å²) in [4.78, 5) is 24.6. The Bertz CT molecular complexity index is 1390. The Hall–Kier alpha value is -1.92. The molecular weight excluding hydrogens is 1050 g/mol. The van der Waals surface area contributed by atoms with E-state index in [4.69, 9.17) is 4.74 Å². The van der Waals surface area contributed by atoms with Gasteiger partial charge in [0, 0.05) is 12.8 Å². The Kier molecular flexibility index (Phi) is 73.9. The van der Waals surface area contributed by atoms with E-state index < -0.39 is 12.1 Å². The zero-order valence-electron chi connectivity index (χ0n) is 58.3. The molecular formula is C80H153NO5. The maximum absolute atomic E-state index is 12.5. The van der Waals surface area contributed by atoms with E-state index in [1.165, 1.54) is 360 Å². The SMILES string of the molecule is CCCC/C=C\C/C=C\CCCCCCCC(=O)OCCCCCCCCCCCCCCCCCCCCCCCCCCCCCCCCCCCCCC(=O)NC(CO)C(O)/C=C/CCCCCCCCCCCCCCCCCCCC. The van der Waals surface area contributed by atoms with Crippen LogP contribution in [0.4, 0.5) is 0 Å². The summed E-state index contributed by atoms with van der Waals surface area (Å²) in [6.07, 6.45) is 98.4. The maximum Gasteiger partial charge on any atom is 0.305 e. The molecule has 0 aliphatic heterocycles. The fraction of sp³-hybridized carbons (Fsp3) is 0.900. The van der Waals surface area contributed by atoms with Gasteiger partial charge in [-0.15, -0.1) is 0 Å². The third kappa shape index (κ3) is 71.2. The normalized spacial score (nSPS) is 12.7. The lowest BCUT2D eigenvalue weighted by atomic mass is 10.0. The fourth-order valence-corrected chi connectivity index (χ4v) is 12.4. The summed E-state index contributed by atoms with van der Waals surface area (Å²) in [5, 5.41) is 23.3. The Labute approximate surface area is 538 Å². The number of amides is 1. The molecule has 1 amide bonds. The minimum Gasteiger partial charge on any atom is -0.466 e. The molecule has 0 aliphatic carbocycles. The van der Waals surface area contributed by atoms with Crippen molar-refractivity contribution in [3.05, 3.63) is 36.5 Å². The summed E-state index contributed by atoms with van der Waals surface area (Å²) in [5.74, 6) is -0.0502. The first-order chi connectivity index (χ1) is 42.5. The molecule has 0 saturated carbocycles. The Morgan fingerprint density at radius 2 is 0.593 bits per heavy atom. The summed E-state index contributed by atoms with van der Waals surface area (Å²) >= 11 is 0. The van der Waals surface area contributed by atoms with E-state index in [0.29, 0.717) is 19.4 Å². The number of allylic oxidation sites excluding steroid dienone is 5. The van der Waals surface area contributed by atoms with Gasteiger partial charge in [0.25, 0.3) is 0 Å². The van der Waals surface area contributed by atoms with Crippen LogP contribution in [0, 0.1) is 0 Å². The largest absolute Gasteiger partial charge is 0.466 e. The van der Waals surface area contributed by atoms with Crippen molar-refractivity contribution in [1.29, 1.82) is 0 Å². The standard InChI is InChI=1S/C80H153NO5/c1-3-5-7-9-11-13-15-17-19-20-21-39-42-45-48-52-56-60-64-68-72-78(83)77(76-82)81-79(84)73-69-65-61-57-53-49-46-43-40-37-35-33-31-29-27-25-23-22-24-26-28-30-32-34-36-38-41-44-47-51-55-59-63-67-71-75-86-80(85)74-70-66-62-58-54-50-18-16-14-12-10-8-6-4-2/h10,12,16,18,68,72,77-78,82-83H,3-9,11,13-15,17,19-67,69-71,73-76H2,1-2H3,(H,81,84)/b12-10-,18-16-,72-68+. The number of carbonyl (C=O) groups is 2. The van der Waals surface area contributed by atoms with E-state index in [2.05, 4.69) is 43.5 Å². The average molecular weight is 1210 g/mol. The first kappa shape index (κ1) is 84.1. The Morgan fingerprint density at radius 1 is 0.326 bits per heavy atom. The molecule has 86 heavy (non-hydrogen) atoms. The molecule has 0 radical (unpaired) electrons. The first-order valence-electron chi connectivity index (χ1n) is 39.3. The molecule has 6 nitrogen and oxygen atoms in total. The number of aliphatic hydroxyl groups excluding tert-OH is 2. The highest BCUT2D eigenvalue weighted by Crippen LogP contribution is 2.20. The van der Waals surface area contributed by atoms with Gasteiger partial charge in [0.15, 0.2) is 0 Å². The van der Waals surface area contributed by atoms with Crippen molar-refractivity contribution in [1.82, 2.24) is 5.32 Å². The molecule has 0 bridgehead atoms. The van der Waals surface area contributed by atoms with Crippen molar-refractivity contribution < 1.29 is 24.5 Å². The molecule has 3 N–H and O–H groups in total. The summed E-state index contributed by atoms with van der Waals surface area (Å²) in [6, 6.07) is -0.625. The lowest BCUT2D eigenvalue weighted by Crippen LogP contribution is -2.45. The van der Waals surface area contributed by atoms with Crippen molar-refractivity contribution in [2.24, 2.45) is 0 Å². The van der Waals surface area contributed by atoms with Gasteiger partial charge in [0.2, 0.25) is 5.91 Å². The third-order valence-electron chi connectivity index (χ3n) is 18.4. The van der Waals surface area contributed by atoms with Crippen molar-refractivity contribution >= 4 is 11.9 Å². The second-order valence-electron chi connectivity index (χ2n) is 27.0. The molecule has 0 aromatic carbocycles. The van der Waals surface area contributed by atoms with E-state index in [1.807, 2.05) is 6.08 Å². The van der Waals surface area contributed by atoms with Crippen molar-refractivity contribution in [3.8, 4) is 0 Å². The third-order valence-corrected chi connectivity index (χ3v) is 18.4. The van der Waals surface area contributed by atoms with Gasteiger partial charge in [0.05, 0.1) is 25.4 Å². The molecule has 0 fully saturated rings. The van der Waals surface area contributed by atoms with Crippen LogP contribution in [0.1, 0.15) is 438 Å². The van der Waals surface area contributed by atoms with Crippen LogP contribution < -0.4 is 5.32 Å². The number of aliphatic hydroxyl groups is 2. The van der Waals surface area contributed by atoms with Crippen molar-refractivity contribution in [3.63, 3.8) is 0 Å². The van der Waals surface area contributed by atoms with E-state index in [9.17, 15) is 19.8 Å². The molecule has 2 unspecified atom stereocenters. The van der Waals surface area contributed by atoms with Crippen molar-refractivity contribution in [2.45, 2.75) is 450 Å². The summed E-state index contributed by atoms with van der Waals surface area (Å²) < 4.78 is 5.49. The number of hydrogen-bond acceptors (Lipinski definition) is 5. The van der Waals surface area contributed by atoms with Gasteiger partial charge in [-0.05, 0) is 57.8 Å². The summed E-state index contributed by atoms with van der Waals surface area (Å²) in [6.45, 7) is 4.90. The topological polar surface area (TPSA) is 95.9 Å². The molecule has 0 rings (SSSR count). The zero-order chi connectivity index (χ0) is 62.0. The number of nitrogens with one attached hydrogen (secondary N) is 1. The maximum atomic E-state index is 12.5. The van der Waals surface area contributed by atoms with Crippen LogP contribution in [0.25, 0.3) is 0 Å². The van der Waals surface area contributed by atoms with Crippen LogP contribution in [0.5, 0.6) is 0 Å². The first-order valence-corrected chi connectivity index (χ1v) is 39.3. The van der Waals surface area contributed by atoms with E-state index in [1.54, 1.807) is 6.08 Å². The fourth-order valence-electron chi connectivity index (χ4n) is 12.4. The van der Waals surface area contributed by atoms with Gasteiger partial charge in [-0.3, -0.25) is 9.59 Å². The highest BCUT2D eigenvalue weighted by molar-refractivity contribution is 5.76. The molecule has 508 valence electrons. The molecule has 2 atom stereocenters. The minimum absolute atomic E-state index is 0.00821. The quantitative estimate of drug-likeness (QED) is 0.0320. The average Bonchev–Trinajstić information content (AvgIpc) is 3.54. The lowest BCUT2D eigenvalue weighted by Gasteiger charge is -2.20. The number of carbonyl (C=O) groups excluding carboxylic acids is 2. The van der Waals surface area contributed by atoms with E-state index >= 15 is 0 Å². The van der Waals surface area contributed by atoms with Gasteiger partial charge >= 0.3 is 5.97 Å². The number of ether oxygens (including phenoxy) is 1. The molecule has 0 aromatic heterocycles. The highest BCUT2D eigenvalue weighted by atomic mass is 16.5.